The topological polar surface area (TPSA) is 85.1 Å². The second kappa shape index (κ2) is 4.29. The van der Waals surface area contributed by atoms with Crippen LogP contribution in [-0.4, -0.2) is 30.9 Å². The zero-order valence-electron chi connectivity index (χ0n) is 8.89. The van der Waals surface area contributed by atoms with Gasteiger partial charge in [0, 0.05) is 12.2 Å². The van der Waals surface area contributed by atoms with Gasteiger partial charge in [-0.15, -0.1) is 0 Å². The Morgan fingerprint density at radius 1 is 1.31 bits per heavy atom. The summed E-state index contributed by atoms with van der Waals surface area (Å²) in [5, 5.41) is 3.25. The molecule has 3 N–H and O–H groups in total. The van der Waals surface area contributed by atoms with Crippen molar-refractivity contribution in [3.05, 3.63) is 18.5 Å². The van der Waals surface area contributed by atoms with Crippen molar-refractivity contribution in [1.82, 2.24) is 4.98 Å². The van der Waals surface area contributed by atoms with Crippen LogP contribution in [-0.2, 0) is 9.84 Å². The number of rotatable bonds is 2. The van der Waals surface area contributed by atoms with E-state index in [0.29, 0.717) is 18.5 Å². The van der Waals surface area contributed by atoms with Crippen molar-refractivity contribution < 1.29 is 8.42 Å². The standard InChI is InChI=1S/C10H15N3O2S/c11-8-5-10(7-12-6-8)13-9-1-3-16(14,15)4-2-9/h5-7,9,13H,1-4,11H2. The molecule has 0 atom stereocenters. The number of hydrogen-bond donors (Lipinski definition) is 2. The summed E-state index contributed by atoms with van der Waals surface area (Å²) >= 11 is 0. The molecule has 5 nitrogen and oxygen atoms in total. The Labute approximate surface area is 95.0 Å². The highest BCUT2D eigenvalue weighted by molar-refractivity contribution is 7.91. The average molecular weight is 241 g/mol. The molecule has 6 heteroatoms. The van der Waals surface area contributed by atoms with Crippen LogP contribution in [0.25, 0.3) is 0 Å². The molecule has 2 rings (SSSR count). The van der Waals surface area contributed by atoms with E-state index < -0.39 is 9.84 Å². The molecule has 88 valence electrons. The first-order valence-corrected chi connectivity index (χ1v) is 7.05. The monoisotopic (exact) mass is 241 g/mol. The van der Waals surface area contributed by atoms with Gasteiger partial charge < -0.3 is 11.1 Å². The van der Waals surface area contributed by atoms with Crippen LogP contribution in [0.2, 0.25) is 0 Å². The Bertz CT molecular complexity index is 459. The third kappa shape index (κ3) is 2.85. The van der Waals surface area contributed by atoms with Crippen molar-refractivity contribution in [2.75, 3.05) is 22.6 Å². The molecular weight excluding hydrogens is 226 g/mol. The molecule has 1 aromatic rings. The number of nitrogen functional groups attached to an aromatic ring is 1. The van der Waals surface area contributed by atoms with Crippen LogP contribution in [0.3, 0.4) is 0 Å². The van der Waals surface area contributed by atoms with Gasteiger partial charge in [0.15, 0.2) is 0 Å². The van der Waals surface area contributed by atoms with Crippen LogP contribution in [0, 0.1) is 0 Å². The maximum absolute atomic E-state index is 11.2. The van der Waals surface area contributed by atoms with Gasteiger partial charge in [-0.05, 0) is 18.9 Å². The molecule has 2 heterocycles. The van der Waals surface area contributed by atoms with Crippen molar-refractivity contribution >= 4 is 21.2 Å². The SMILES string of the molecule is Nc1cncc(NC2CCS(=O)(=O)CC2)c1. The molecule has 0 saturated carbocycles. The molecule has 1 aliphatic rings. The molecular formula is C10H15N3O2S. The van der Waals surface area contributed by atoms with Gasteiger partial charge in [0.1, 0.15) is 9.84 Å². The van der Waals surface area contributed by atoms with Gasteiger partial charge in [0.05, 0.1) is 29.1 Å². The van der Waals surface area contributed by atoms with Gasteiger partial charge in [0.2, 0.25) is 0 Å². The first kappa shape index (κ1) is 11.2. The van der Waals surface area contributed by atoms with Gasteiger partial charge in [0.25, 0.3) is 0 Å². The summed E-state index contributed by atoms with van der Waals surface area (Å²) in [6.45, 7) is 0. The number of aromatic nitrogens is 1. The summed E-state index contributed by atoms with van der Waals surface area (Å²) in [6, 6.07) is 2.00. The highest BCUT2D eigenvalue weighted by atomic mass is 32.2. The second-order valence-electron chi connectivity index (χ2n) is 4.08. The Balaban J connectivity index is 1.97. The lowest BCUT2D eigenvalue weighted by atomic mass is 10.1. The quantitative estimate of drug-likeness (QED) is 0.794. The van der Waals surface area contributed by atoms with Gasteiger partial charge in [-0.2, -0.15) is 0 Å². The third-order valence-electron chi connectivity index (χ3n) is 2.68. The minimum Gasteiger partial charge on any atom is -0.397 e. The van der Waals surface area contributed by atoms with E-state index in [1.54, 1.807) is 18.5 Å². The predicted octanol–water partition coefficient (Wildman–Crippen LogP) is 0.653. The number of nitrogens with one attached hydrogen (secondary N) is 1. The third-order valence-corrected chi connectivity index (χ3v) is 4.40. The fraction of sp³-hybridized carbons (Fsp3) is 0.500. The fourth-order valence-electron chi connectivity index (χ4n) is 1.81. The number of hydrogen-bond acceptors (Lipinski definition) is 5. The normalized spacial score (nSPS) is 20.5. The minimum absolute atomic E-state index is 0.201. The summed E-state index contributed by atoms with van der Waals surface area (Å²) in [7, 11) is -2.80. The molecule has 0 radical (unpaired) electrons. The Kier molecular flexibility index (Phi) is 3.00. The lowest BCUT2D eigenvalue weighted by Crippen LogP contribution is -2.32. The number of anilines is 2. The van der Waals surface area contributed by atoms with Crippen molar-refractivity contribution in [3.63, 3.8) is 0 Å². The van der Waals surface area contributed by atoms with Crippen molar-refractivity contribution in [2.24, 2.45) is 0 Å². The number of nitrogens with zero attached hydrogens (tertiary/aromatic N) is 1. The molecule has 0 bridgehead atoms. The maximum Gasteiger partial charge on any atom is 0.150 e. The van der Waals surface area contributed by atoms with Gasteiger partial charge >= 0.3 is 0 Å². The van der Waals surface area contributed by atoms with E-state index in [4.69, 9.17) is 5.73 Å². The van der Waals surface area contributed by atoms with Crippen LogP contribution in [0.4, 0.5) is 11.4 Å². The van der Waals surface area contributed by atoms with Gasteiger partial charge in [-0.1, -0.05) is 0 Å². The van der Waals surface area contributed by atoms with Crippen molar-refractivity contribution in [3.8, 4) is 0 Å². The van der Waals surface area contributed by atoms with Crippen LogP contribution < -0.4 is 11.1 Å². The van der Waals surface area contributed by atoms with E-state index in [9.17, 15) is 8.42 Å². The highest BCUT2D eigenvalue weighted by Crippen LogP contribution is 2.18. The first-order valence-electron chi connectivity index (χ1n) is 5.23. The summed E-state index contributed by atoms with van der Waals surface area (Å²) in [4.78, 5) is 3.97. The van der Waals surface area contributed by atoms with Crippen LogP contribution in [0.15, 0.2) is 18.5 Å². The molecule has 1 aromatic heterocycles. The average Bonchev–Trinajstić information content (AvgIpc) is 2.21. The Morgan fingerprint density at radius 3 is 2.62 bits per heavy atom. The highest BCUT2D eigenvalue weighted by Gasteiger charge is 2.23. The molecule has 0 amide bonds. The molecule has 1 fully saturated rings. The lowest BCUT2D eigenvalue weighted by molar-refractivity contribution is 0.559. The molecule has 1 saturated heterocycles. The zero-order chi connectivity index (χ0) is 11.6. The molecule has 0 aliphatic carbocycles. The summed E-state index contributed by atoms with van der Waals surface area (Å²) < 4.78 is 22.5. The van der Waals surface area contributed by atoms with E-state index in [0.717, 1.165) is 5.69 Å². The number of sulfone groups is 1. The molecule has 0 unspecified atom stereocenters. The molecule has 16 heavy (non-hydrogen) atoms. The van der Waals surface area contributed by atoms with Gasteiger partial charge in [-0.25, -0.2) is 8.42 Å². The molecule has 0 spiro atoms. The summed E-state index contributed by atoms with van der Waals surface area (Å²) in [5.41, 5.74) is 7.06. The van der Waals surface area contributed by atoms with Crippen LogP contribution >= 0.6 is 0 Å². The van der Waals surface area contributed by atoms with E-state index in [1.165, 1.54) is 0 Å². The second-order valence-corrected chi connectivity index (χ2v) is 6.38. The zero-order valence-corrected chi connectivity index (χ0v) is 9.70. The largest absolute Gasteiger partial charge is 0.397 e. The number of pyridine rings is 1. The van der Waals surface area contributed by atoms with E-state index >= 15 is 0 Å². The fourth-order valence-corrected chi connectivity index (χ4v) is 3.30. The van der Waals surface area contributed by atoms with Crippen molar-refractivity contribution in [2.45, 2.75) is 18.9 Å². The first-order chi connectivity index (χ1) is 7.55. The maximum atomic E-state index is 11.2. The van der Waals surface area contributed by atoms with Gasteiger partial charge in [-0.3, -0.25) is 4.98 Å². The van der Waals surface area contributed by atoms with Crippen LogP contribution in [0.1, 0.15) is 12.8 Å². The summed E-state index contributed by atoms with van der Waals surface area (Å²) in [5.74, 6) is 0.529. The smallest absolute Gasteiger partial charge is 0.150 e. The lowest BCUT2D eigenvalue weighted by Gasteiger charge is -2.23. The predicted molar refractivity (Wildman–Crippen MR) is 63.9 cm³/mol. The molecule has 1 aliphatic heterocycles. The Hall–Kier alpha value is -1.30. The minimum atomic E-state index is -2.80. The number of nitrogens with two attached hydrogens (primary N) is 1. The molecule has 0 aromatic carbocycles. The van der Waals surface area contributed by atoms with E-state index in [1.807, 2.05) is 0 Å². The van der Waals surface area contributed by atoms with Crippen molar-refractivity contribution in [1.29, 1.82) is 0 Å². The summed E-state index contributed by atoms with van der Waals surface area (Å²) in [6.07, 6.45) is 4.57. The van der Waals surface area contributed by atoms with E-state index in [2.05, 4.69) is 10.3 Å². The van der Waals surface area contributed by atoms with E-state index in [-0.39, 0.29) is 17.5 Å². The Morgan fingerprint density at radius 2 is 2.00 bits per heavy atom. The van der Waals surface area contributed by atoms with Crippen LogP contribution in [0.5, 0.6) is 0 Å².